The summed E-state index contributed by atoms with van der Waals surface area (Å²) in [6, 6.07) is 0. The topological polar surface area (TPSA) is 138 Å². The smallest absolute Gasteiger partial charge is 0.265 e. The van der Waals surface area contributed by atoms with Crippen molar-refractivity contribution < 1.29 is 33.4 Å². The van der Waals surface area contributed by atoms with E-state index in [0.717, 1.165) is 51.8 Å². The van der Waals surface area contributed by atoms with Crippen LogP contribution >= 0.6 is 69.8 Å². The van der Waals surface area contributed by atoms with Crippen LogP contribution in [-0.2, 0) is 14.3 Å². The van der Waals surface area contributed by atoms with Gasteiger partial charge in [0.15, 0.2) is 0 Å². The van der Waals surface area contributed by atoms with Gasteiger partial charge in [0.25, 0.3) is 23.6 Å². The molecule has 18 heteroatoms. The highest BCUT2D eigenvalue weighted by molar-refractivity contribution is 7.77. The maximum Gasteiger partial charge on any atom is 0.265 e. The highest BCUT2D eigenvalue weighted by Gasteiger charge is 2.28. The molecule has 0 bridgehead atoms. The molecule has 2 aliphatic heterocycles. The van der Waals surface area contributed by atoms with Gasteiger partial charge in [-0.15, -0.1) is 45.3 Å². The van der Waals surface area contributed by atoms with Gasteiger partial charge in [-0.2, -0.15) is 0 Å². The van der Waals surface area contributed by atoms with Crippen molar-refractivity contribution in [3.8, 4) is 0 Å². The summed E-state index contributed by atoms with van der Waals surface area (Å²) in [6.07, 6.45) is 1.74. The molecule has 0 saturated carbocycles. The largest absolute Gasteiger partial charge is 0.378 e. The number of morpholine rings is 2. The van der Waals surface area contributed by atoms with Gasteiger partial charge in [-0.1, -0.05) is 24.4 Å². The molecular formula is C25H31N5O7S6. The summed E-state index contributed by atoms with van der Waals surface area (Å²) < 4.78 is 11.6. The monoisotopic (exact) mass is 705 g/mol. The van der Waals surface area contributed by atoms with Gasteiger partial charge in [0.2, 0.25) is 6.41 Å². The number of carbonyl (C=O) groups excluding carboxylic acids is 5. The van der Waals surface area contributed by atoms with Gasteiger partial charge in [-0.3, -0.25) is 24.0 Å². The first kappa shape index (κ1) is 33.7. The van der Waals surface area contributed by atoms with Gasteiger partial charge >= 0.3 is 0 Å². The molecule has 43 heavy (non-hydrogen) atoms. The minimum absolute atomic E-state index is 0.214. The zero-order valence-corrected chi connectivity index (χ0v) is 28.0. The standard InChI is InChI=1S/C25H31N5O7S6/c31-15-28(5-1-3-26-20(32)16-18(42-24(38)40-16)22(34)29-7-11-36-12-8-29)6-2-4-27-21(33)17-19(43-25(39)41-17)23(35)30-9-13-37-14-10-30/h15H,1-14H2,(H,26,32)(H,27,33). The van der Waals surface area contributed by atoms with Crippen LogP contribution < -0.4 is 10.6 Å². The van der Waals surface area contributed by atoms with E-state index in [4.69, 9.17) is 33.9 Å². The fourth-order valence-electron chi connectivity index (χ4n) is 4.31. The third-order valence-electron chi connectivity index (χ3n) is 6.52. The molecule has 2 N–H and O–H groups in total. The average molecular weight is 706 g/mol. The Balaban J connectivity index is 1.18. The zero-order chi connectivity index (χ0) is 30.8. The van der Waals surface area contributed by atoms with Gasteiger partial charge in [-0.05, 0) is 12.8 Å². The molecule has 2 aromatic rings. The maximum atomic E-state index is 12.9. The highest BCUT2D eigenvalue weighted by Crippen LogP contribution is 2.28. The predicted molar refractivity (Wildman–Crippen MR) is 171 cm³/mol. The van der Waals surface area contributed by atoms with E-state index in [9.17, 15) is 24.0 Å². The maximum absolute atomic E-state index is 12.9. The first-order valence-electron chi connectivity index (χ1n) is 13.6. The second-order valence-electron chi connectivity index (χ2n) is 9.39. The second kappa shape index (κ2) is 16.8. The van der Waals surface area contributed by atoms with Gasteiger partial charge in [0.05, 0.1) is 26.4 Å². The predicted octanol–water partition coefficient (Wildman–Crippen LogP) is 2.73. The van der Waals surface area contributed by atoms with Crippen molar-refractivity contribution in [1.82, 2.24) is 25.3 Å². The first-order chi connectivity index (χ1) is 20.8. The lowest BCUT2D eigenvalue weighted by Crippen LogP contribution is -2.41. The number of hydrogen-bond acceptors (Lipinski definition) is 13. The lowest BCUT2D eigenvalue weighted by atomic mass is 10.3. The van der Waals surface area contributed by atoms with Crippen molar-refractivity contribution in [2.75, 3.05) is 78.8 Å². The summed E-state index contributed by atoms with van der Waals surface area (Å²) >= 11 is 15.0. The van der Waals surface area contributed by atoms with E-state index in [1.165, 1.54) is 0 Å². The Morgan fingerprint density at radius 3 is 1.44 bits per heavy atom. The summed E-state index contributed by atoms with van der Waals surface area (Å²) in [5.74, 6) is -1.15. The number of nitrogens with one attached hydrogen (secondary N) is 2. The van der Waals surface area contributed by atoms with E-state index >= 15 is 0 Å². The minimum Gasteiger partial charge on any atom is -0.378 e. The van der Waals surface area contributed by atoms with Crippen LogP contribution in [0, 0.1) is 6.28 Å². The van der Waals surface area contributed by atoms with E-state index in [-0.39, 0.29) is 23.6 Å². The molecule has 0 spiro atoms. The average Bonchev–Trinajstić information content (AvgIpc) is 3.62. The number of nitrogens with zero attached hydrogens (tertiary/aromatic N) is 3. The molecule has 2 aliphatic rings. The lowest BCUT2D eigenvalue weighted by molar-refractivity contribution is -0.118. The van der Waals surface area contributed by atoms with Gasteiger partial charge < -0.3 is 34.8 Å². The number of rotatable bonds is 13. The van der Waals surface area contributed by atoms with Crippen molar-refractivity contribution in [1.29, 1.82) is 0 Å². The SMILES string of the molecule is O=CN(CCCNC(=O)c1sc(=S)sc1C(=O)N1CCOCC1)CCCNC(=O)c1sc(=S)sc1C(=O)N1CCOCC1. The Hall–Kier alpha value is -2.19. The minimum atomic E-state index is -0.363. The number of ether oxygens (including phenoxy) is 2. The first-order valence-corrected chi connectivity index (χ1v) is 17.6. The molecule has 0 atom stereocenters. The molecule has 4 heterocycles. The number of carbonyl (C=O) groups is 5. The number of amides is 5. The van der Waals surface area contributed by atoms with E-state index in [0.29, 0.717) is 117 Å². The fraction of sp³-hybridized carbons (Fsp3) is 0.560. The van der Waals surface area contributed by atoms with Crippen molar-refractivity contribution >= 4 is 99.8 Å². The summed E-state index contributed by atoms with van der Waals surface area (Å²) in [7, 11) is 0. The molecule has 0 radical (unpaired) electrons. The highest BCUT2D eigenvalue weighted by atomic mass is 32.2. The summed E-state index contributed by atoms with van der Waals surface area (Å²) in [5.41, 5.74) is 0. The Kier molecular flexibility index (Phi) is 13.1. The third-order valence-corrected chi connectivity index (χ3v) is 11.8. The van der Waals surface area contributed by atoms with Gasteiger partial charge in [-0.25, -0.2) is 0 Å². The van der Waals surface area contributed by atoms with Crippen LogP contribution in [0.15, 0.2) is 0 Å². The molecule has 234 valence electrons. The summed E-state index contributed by atoms with van der Waals surface area (Å²) in [6.45, 7) is 5.17. The van der Waals surface area contributed by atoms with Crippen LogP contribution in [0.5, 0.6) is 0 Å². The molecule has 2 saturated heterocycles. The molecule has 5 amide bonds. The number of hydrogen-bond donors (Lipinski definition) is 2. The van der Waals surface area contributed by atoms with Crippen LogP contribution in [0.25, 0.3) is 0 Å². The fourth-order valence-corrected chi connectivity index (χ4v) is 9.30. The Morgan fingerprint density at radius 1 is 0.698 bits per heavy atom. The zero-order valence-electron chi connectivity index (χ0n) is 23.1. The molecule has 12 nitrogen and oxygen atoms in total. The quantitative estimate of drug-likeness (QED) is 0.183. The Bertz CT molecular complexity index is 1320. The van der Waals surface area contributed by atoms with Crippen LogP contribution in [0.4, 0.5) is 0 Å². The van der Waals surface area contributed by atoms with Crippen LogP contribution in [0.2, 0.25) is 0 Å². The summed E-state index contributed by atoms with van der Waals surface area (Å²) in [4.78, 5) is 69.3. The molecular weight excluding hydrogens is 675 g/mol. The molecule has 0 aliphatic carbocycles. The van der Waals surface area contributed by atoms with Crippen LogP contribution in [0.1, 0.15) is 51.5 Å². The lowest BCUT2D eigenvalue weighted by Gasteiger charge is -2.26. The van der Waals surface area contributed by atoms with E-state index in [2.05, 4.69) is 10.6 Å². The van der Waals surface area contributed by atoms with Crippen molar-refractivity contribution in [3.63, 3.8) is 0 Å². The van der Waals surface area contributed by atoms with E-state index in [1.807, 2.05) is 0 Å². The molecule has 2 aromatic heterocycles. The molecule has 0 aromatic carbocycles. The van der Waals surface area contributed by atoms with Gasteiger partial charge in [0.1, 0.15) is 25.8 Å². The van der Waals surface area contributed by atoms with Crippen molar-refractivity contribution in [2.24, 2.45) is 0 Å². The molecule has 4 rings (SSSR count). The van der Waals surface area contributed by atoms with Crippen LogP contribution in [-0.4, -0.2) is 124 Å². The van der Waals surface area contributed by atoms with E-state index in [1.54, 1.807) is 14.7 Å². The molecule has 2 fully saturated rings. The van der Waals surface area contributed by atoms with Crippen molar-refractivity contribution in [3.05, 3.63) is 25.8 Å². The normalized spacial score (nSPS) is 15.2. The Labute approximate surface area is 274 Å². The van der Waals surface area contributed by atoms with Gasteiger partial charge in [0, 0.05) is 52.4 Å². The Morgan fingerprint density at radius 2 is 1.07 bits per heavy atom. The third kappa shape index (κ3) is 9.40. The van der Waals surface area contributed by atoms with Crippen LogP contribution in [0.3, 0.4) is 0 Å². The second-order valence-corrected chi connectivity index (χ2v) is 15.8. The van der Waals surface area contributed by atoms with E-state index < -0.39 is 0 Å². The van der Waals surface area contributed by atoms with Crippen molar-refractivity contribution in [2.45, 2.75) is 12.8 Å². The summed E-state index contributed by atoms with van der Waals surface area (Å²) in [5, 5.41) is 5.65. The molecule has 0 unspecified atom stereocenters.